The van der Waals surface area contributed by atoms with E-state index in [9.17, 15) is 24.9 Å². The van der Waals surface area contributed by atoms with E-state index in [2.05, 4.69) is 4.98 Å². The third-order valence-electron chi connectivity index (χ3n) is 3.01. The molecule has 1 aromatic heterocycles. The van der Waals surface area contributed by atoms with Crippen LogP contribution < -0.4 is 11.2 Å². The van der Waals surface area contributed by atoms with Gasteiger partial charge in [-0.2, -0.15) is 0 Å². The molecule has 0 amide bonds. The lowest BCUT2D eigenvalue weighted by Crippen LogP contribution is -2.59. The highest BCUT2D eigenvalue weighted by atomic mass is 16.6. The minimum atomic E-state index is -1.68. The SMILES string of the molecule is O=c1cc[nH]c(=O)n1[C@@H]1O[C@H](CO)[C@@H](O)[C@H](O)[C@@H]1O. The summed E-state index contributed by atoms with van der Waals surface area (Å²) in [6.45, 7) is -0.638. The van der Waals surface area contributed by atoms with Crippen LogP contribution in [0.15, 0.2) is 21.9 Å². The second-order valence-corrected chi connectivity index (χ2v) is 4.21. The summed E-state index contributed by atoms with van der Waals surface area (Å²) >= 11 is 0. The monoisotopic (exact) mass is 274 g/mol. The first-order chi connectivity index (χ1) is 8.97. The summed E-state index contributed by atoms with van der Waals surface area (Å²) in [6, 6.07) is 1.04. The summed E-state index contributed by atoms with van der Waals surface area (Å²) in [6.07, 6.45) is -6.43. The van der Waals surface area contributed by atoms with Crippen molar-refractivity contribution in [3.63, 3.8) is 0 Å². The van der Waals surface area contributed by atoms with Crippen LogP contribution in [0.2, 0.25) is 0 Å². The van der Waals surface area contributed by atoms with Crippen molar-refractivity contribution in [3.8, 4) is 0 Å². The lowest BCUT2D eigenvalue weighted by molar-refractivity contribution is -0.252. The van der Waals surface area contributed by atoms with Crippen LogP contribution in [0.5, 0.6) is 0 Å². The van der Waals surface area contributed by atoms with Gasteiger partial charge in [0.1, 0.15) is 24.4 Å². The molecule has 1 aromatic rings. The van der Waals surface area contributed by atoms with Crippen molar-refractivity contribution < 1.29 is 25.2 Å². The molecule has 1 aliphatic rings. The third kappa shape index (κ3) is 2.33. The highest BCUT2D eigenvalue weighted by Gasteiger charge is 2.45. The average molecular weight is 274 g/mol. The zero-order valence-corrected chi connectivity index (χ0v) is 9.71. The number of ether oxygens (including phenoxy) is 1. The molecule has 9 heteroatoms. The topological polar surface area (TPSA) is 145 Å². The van der Waals surface area contributed by atoms with E-state index in [1.807, 2.05) is 0 Å². The Bertz CT molecular complexity index is 523. The zero-order valence-electron chi connectivity index (χ0n) is 9.71. The van der Waals surface area contributed by atoms with Gasteiger partial charge in [-0.1, -0.05) is 0 Å². The van der Waals surface area contributed by atoms with Crippen LogP contribution in [0.3, 0.4) is 0 Å². The van der Waals surface area contributed by atoms with Gasteiger partial charge in [0.15, 0.2) is 6.23 Å². The van der Waals surface area contributed by atoms with Crippen molar-refractivity contribution in [2.24, 2.45) is 0 Å². The summed E-state index contributed by atoms with van der Waals surface area (Å²) < 4.78 is 5.68. The quantitative estimate of drug-likeness (QED) is 0.376. The van der Waals surface area contributed by atoms with E-state index in [1.165, 1.54) is 0 Å². The minimum absolute atomic E-state index is 0.572. The average Bonchev–Trinajstić information content (AvgIpc) is 2.38. The molecule has 5 N–H and O–H groups in total. The number of aliphatic hydroxyl groups excluding tert-OH is 4. The fourth-order valence-electron chi connectivity index (χ4n) is 1.97. The number of hydrogen-bond acceptors (Lipinski definition) is 7. The maximum Gasteiger partial charge on any atom is 0.330 e. The maximum atomic E-state index is 11.6. The van der Waals surface area contributed by atoms with Crippen LogP contribution in [0, 0.1) is 0 Å². The van der Waals surface area contributed by atoms with Crippen LogP contribution >= 0.6 is 0 Å². The summed E-state index contributed by atoms with van der Waals surface area (Å²) in [5, 5.41) is 38.0. The largest absolute Gasteiger partial charge is 0.394 e. The molecule has 5 atom stereocenters. The van der Waals surface area contributed by atoms with Gasteiger partial charge in [0, 0.05) is 12.3 Å². The van der Waals surface area contributed by atoms with Gasteiger partial charge in [0.25, 0.3) is 5.56 Å². The van der Waals surface area contributed by atoms with E-state index in [-0.39, 0.29) is 0 Å². The van der Waals surface area contributed by atoms with E-state index in [0.717, 1.165) is 12.3 Å². The van der Waals surface area contributed by atoms with E-state index >= 15 is 0 Å². The molecule has 2 rings (SSSR count). The van der Waals surface area contributed by atoms with Gasteiger partial charge in [0.2, 0.25) is 0 Å². The van der Waals surface area contributed by atoms with Crippen LogP contribution in [-0.2, 0) is 4.74 Å². The van der Waals surface area contributed by atoms with E-state index in [0.29, 0.717) is 4.57 Å². The standard InChI is InChI=1S/C10H14N2O7/c13-3-4-6(15)7(16)8(17)9(19-4)12-5(14)1-2-11-10(12)18/h1-2,4,6-9,13,15-17H,3H2,(H,11,18)/t4-,6-,7+,8+,9-/m1/s1. The number of hydrogen-bond donors (Lipinski definition) is 5. The second kappa shape index (κ2) is 5.23. The van der Waals surface area contributed by atoms with Crippen molar-refractivity contribution in [2.75, 3.05) is 6.61 Å². The predicted octanol–water partition coefficient (Wildman–Crippen LogP) is -3.49. The van der Waals surface area contributed by atoms with Crippen molar-refractivity contribution >= 4 is 0 Å². The number of nitrogens with zero attached hydrogens (tertiary/aromatic N) is 1. The Kier molecular flexibility index (Phi) is 3.83. The highest BCUT2D eigenvalue weighted by Crippen LogP contribution is 2.26. The lowest BCUT2D eigenvalue weighted by Gasteiger charge is -2.39. The molecule has 0 spiro atoms. The van der Waals surface area contributed by atoms with Gasteiger partial charge in [-0.15, -0.1) is 0 Å². The Balaban J connectivity index is 2.44. The number of H-pyrrole nitrogens is 1. The van der Waals surface area contributed by atoms with E-state index in [4.69, 9.17) is 9.84 Å². The van der Waals surface area contributed by atoms with Gasteiger partial charge in [-0.3, -0.25) is 4.79 Å². The summed E-state index contributed by atoms with van der Waals surface area (Å²) in [7, 11) is 0. The number of aromatic amines is 1. The number of aromatic nitrogens is 2. The maximum absolute atomic E-state index is 11.6. The van der Waals surface area contributed by atoms with Gasteiger partial charge in [-0.05, 0) is 0 Å². The fourth-order valence-corrected chi connectivity index (χ4v) is 1.97. The van der Waals surface area contributed by atoms with Crippen LogP contribution in [0.1, 0.15) is 6.23 Å². The molecule has 2 heterocycles. The molecule has 19 heavy (non-hydrogen) atoms. The van der Waals surface area contributed by atoms with Crippen molar-refractivity contribution in [2.45, 2.75) is 30.6 Å². The zero-order chi connectivity index (χ0) is 14.2. The molecule has 0 radical (unpaired) electrons. The molecule has 1 fully saturated rings. The Labute approximate surface area is 106 Å². The first kappa shape index (κ1) is 13.9. The first-order valence-corrected chi connectivity index (χ1v) is 5.58. The van der Waals surface area contributed by atoms with Gasteiger partial charge in [-0.25, -0.2) is 9.36 Å². The Hall–Kier alpha value is -1.52. The van der Waals surface area contributed by atoms with Crippen molar-refractivity contribution in [1.82, 2.24) is 9.55 Å². The number of rotatable bonds is 2. The fraction of sp³-hybridized carbons (Fsp3) is 0.600. The van der Waals surface area contributed by atoms with Crippen LogP contribution in [-0.4, -0.2) is 61.0 Å². The van der Waals surface area contributed by atoms with E-state index < -0.39 is 48.5 Å². The molecule has 1 aliphatic heterocycles. The van der Waals surface area contributed by atoms with Gasteiger partial charge >= 0.3 is 5.69 Å². The molecule has 9 nitrogen and oxygen atoms in total. The normalized spacial score (nSPS) is 35.3. The Morgan fingerprint density at radius 2 is 1.89 bits per heavy atom. The van der Waals surface area contributed by atoms with Crippen LogP contribution in [0.4, 0.5) is 0 Å². The van der Waals surface area contributed by atoms with Gasteiger partial charge in [0.05, 0.1) is 6.61 Å². The summed E-state index contributed by atoms with van der Waals surface area (Å²) in [5.41, 5.74) is -1.58. The smallest absolute Gasteiger partial charge is 0.330 e. The van der Waals surface area contributed by atoms with Crippen molar-refractivity contribution in [1.29, 1.82) is 0 Å². The summed E-state index contributed by atoms with van der Waals surface area (Å²) in [5.74, 6) is 0. The first-order valence-electron chi connectivity index (χ1n) is 5.58. The highest BCUT2D eigenvalue weighted by molar-refractivity contribution is 4.94. The molecular formula is C10H14N2O7. The summed E-state index contributed by atoms with van der Waals surface area (Å²) in [4.78, 5) is 25.4. The Morgan fingerprint density at radius 3 is 2.47 bits per heavy atom. The molecule has 0 saturated carbocycles. The number of nitrogens with one attached hydrogen (secondary N) is 1. The molecule has 1 saturated heterocycles. The second-order valence-electron chi connectivity index (χ2n) is 4.21. The third-order valence-corrected chi connectivity index (χ3v) is 3.01. The van der Waals surface area contributed by atoms with E-state index in [1.54, 1.807) is 0 Å². The molecule has 0 bridgehead atoms. The molecule has 106 valence electrons. The molecular weight excluding hydrogens is 260 g/mol. The number of aliphatic hydroxyl groups is 4. The molecule has 0 aliphatic carbocycles. The van der Waals surface area contributed by atoms with Crippen LogP contribution in [0.25, 0.3) is 0 Å². The molecule has 0 unspecified atom stereocenters. The minimum Gasteiger partial charge on any atom is -0.394 e. The Morgan fingerprint density at radius 1 is 1.21 bits per heavy atom. The lowest BCUT2D eigenvalue weighted by atomic mass is 9.98. The van der Waals surface area contributed by atoms with Crippen molar-refractivity contribution in [3.05, 3.63) is 33.1 Å². The van der Waals surface area contributed by atoms with Gasteiger partial charge < -0.3 is 30.1 Å². The predicted molar refractivity (Wildman–Crippen MR) is 60.3 cm³/mol. The molecule has 0 aromatic carbocycles.